The van der Waals surface area contributed by atoms with Crippen LogP contribution in [0, 0.1) is 5.92 Å². The molecule has 0 saturated heterocycles. The molecule has 5 N–H and O–H groups in total. The summed E-state index contributed by atoms with van der Waals surface area (Å²) < 4.78 is 0. The zero-order valence-corrected chi connectivity index (χ0v) is 6.53. The molecule has 11 heavy (non-hydrogen) atoms. The molecular formula is C7H15N3O. The van der Waals surface area contributed by atoms with Gasteiger partial charge in [-0.25, -0.2) is 0 Å². The molecule has 4 nitrogen and oxygen atoms in total. The lowest BCUT2D eigenvalue weighted by Gasteiger charge is -2.03. The van der Waals surface area contributed by atoms with E-state index in [-0.39, 0.29) is 12.1 Å². The fourth-order valence-corrected chi connectivity index (χ4v) is 1.45. The van der Waals surface area contributed by atoms with Crippen LogP contribution in [0.1, 0.15) is 19.3 Å². The van der Waals surface area contributed by atoms with Gasteiger partial charge in [-0.05, 0) is 25.2 Å². The molecular weight excluding hydrogens is 142 g/mol. The molecule has 0 aromatic heterocycles. The van der Waals surface area contributed by atoms with Gasteiger partial charge in [0.25, 0.3) is 0 Å². The lowest BCUT2D eigenvalue weighted by atomic mass is 10.1. The zero-order chi connectivity index (χ0) is 8.27. The van der Waals surface area contributed by atoms with Crippen molar-refractivity contribution >= 4 is 5.96 Å². The minimum absolute atomic E-state index is 0.130. The van der Waals surface area contributed by atoms with Crippen molar-refractivity contribution in [2.75, 3.05) is 6.54 Å². The fraction of sp³-hybridized carbons (Fsp3) is 0.857. The van der Waals surface area contributed by atoms with E-state index in [0.29, 0.717) is 12.5 Å². The molecule has 0 aromatic carbocycles. The van der Waals surface area contributed by atoms with E-state index in [9.17, 15) is 0 Å². The lowest BCUT2D eigenvalue weighted by molar-refractivity contribution is 0.178. The average molecular weight is 157 g/mol. The molecule has 2 atom stereocenters. The summed E-state index contributed by atoms with van der Waals surface area (Å²) in [6, 6.07) is 0. The molecule has 0 aliphatic heterocycles. The summed E-state index contributed by atoms with van der Waals surface area (Å²) in [7, 11) is 0. The minimum Gasteiger partial charge on any atom is -0.393 e. The molecule has 0 bridgehead atoms. The van der Waals surface area contributed by atoms with Gasteiger partial charge in [-0.3, -0.25) is 4.99 Å². The Kier molecular flexibility index (Phi) is 2.70. The van der Waals surface area contributed by atoms with Gasteiger partial charge in [-0.1, -0.05) is 0 Å². The highest BCUT2D eigenvalue weighted by molar-refractivity contribution is 5.75. The number of aliphatic imine (C=N–C) groups is 1. The van der Waals surface area contributed by atoms with Gasteiger partial charge in [0, 0.05) is 6.54 Å². The molecule has 0 heterocycles. The molecule has 4 heteroatoms. The third kappa shape index (κ3) is 2.76. The van der Waals surface area contributed by atoms with E-state index in [1.54, 1.807) is 0 Å². The van der Waals surface area contributed by atoms with Crippen LogP contribution in [0.25, 0.3) is 0 Å². The van der Waals surface area contributed by atoms with E-state index < -0.39 is 0 Å². The Morgan fingerprint density at radius 1 is 1.45 bits per heavy atom. The first kappa shape index (κ1) is 8.33. The van der Waals surface area contributed by atoms with Crippen LogP contribution < -0.4 is 11.5 Å². The van der Waals surface area contributed by atoms with Gasteiger partial charge in [-0.15, -0.1) is 0 Å². The SMILES string of the molecule is NC(N)=NCC1CCC(O)C1. The Bertz CT molecular complexity index is 154. The molecule has 64 valence electrons. The number of rotatable bonds is 2. The molecule has 0 amide bonds. The van der Waals surface area contributed by atoms with Crippen molar-refractivity contribution in [1.29, 1.82) is 0 Å². The second-order valence-electron chi connectivity index (χ2n) is 3.10. The van der Waals surface area contributed by atoms with E-state index in [1.807, 2.05) is 0 Å². The van der Waals surface area contributed by atoms with Gasteiger partial charge >= 0.3 is 0 Å². The fourth-order valence-electron chi connectivity index (χ4n) is 1.45. The molecule has 1 saturated carbocycles. The van der Waals surface area contributed by atoms with Gasteiger partial charge < -0.3 is 16.6 Å². The number of guanidine groups is 1. The highest BCUT2D eigenvalue weighted by Crippen LogP contribution is 2.25. The summed E-state index contributed by atoms with van der Waals surface area (Å²) in [5.74, 6) is 0.624. The van der Waals surface area contributed by atoms with Gasteiger partial charge in [0.15, 0.2) is 5.96 Å². The van der Waals surface area contributed by atoms with Crippen LogP contribution in [0.5, 0.6) is 0 Å². The largest absolute Gasteiger partial charge is 0.393 e. The number of nitrogens with two attached hydrogens (primary N) is 2. The van der Waals surface area contributed by atoms with E-state index >= 15 is 0 Å². The molecule has 2 unspecified atom stereocenters. The second kappa shape index (κ2) is 3.57. The maximum absolute atomic E-state index is 9.15. The first-order valence-corrected chi connectivity index (χ1v) is 3.92. The van der Waals surface area contributed by atoms with Crippen LogP contribution >= 0.6 is 0 Å². The minimum atomic E-state index is -0.130. The van der Waals surface area contributed by atoms with Crippen molar-refractivity contribution in [3.05, 3.63) is 0 Å². The Hall–Kier alpha value is -0.770. The van der Waals surface area contributed by atoms with Gasteiger partial charge in [0.2, 0.25) is 0 Å². The highest BCUT2D eigenvalue weighted by Gasteiger charge is 2.21. The predicted molar refractivity (Wildman–Crippen MR) is 44.0 cm³/mol. The van der Waals surface area contributed by atoms with Gasteiger partial charge in [0.1, 0.15) is 0 Å². The van der Waals surface area contributed by atoms with Crippen LogP contribution in [0.15, 0.2) is 4.99 Å². The third-order valence-corrected chi connectivity index (χ3v) is 2.05. The van der Waals surface area contributed by atoms with Crippen molar-refractivity contribution in [3.63, 3.8) is 0 Å². The number of aliphatic hydroxyl groups is 1. The monoisotopic (exact) mass is 157 g/mol. The molecule has 0 spiro atoms. The van der Waals surface area contributed by atoms with E-state index in [0.717, 1.165) is 19.3 Å². The van der Waals surface area contributed by atoms with Crippen LogP contribution in [-0.2, 0) is 0 Å². The summed E-state index contributed by atoms with van der Waals surface area (Å²) >= 11 is 0. The van der Waals surface area contributed by atoms with Crippen molar-refractivity contribution in [2.24, 2.45) is 22.4 Å². The summed E-state index contributed by atoms with van der Waals surface area (Å²) in [5, 5.41) is 9.15. The van der Waals surface area contributed by atoms with E-state index in [1.165, 1.54) is 0 Å². The Morgan fingerprint density at radius 2 is 2.18 bits per heavy atom. The number of hydrogen-bond donors (Lipinski definition) is 3. The first-order chi connectivity index (χ1) is 5.18. The normalized spacial score (nSPS) is 30.3. The van der Waals surface area contributed by atoms with Crippen molar-refractivity contribution in [3.8, 4) is 0 Å². The quantitative estimate of drug-likeness (QED) is 0.370. The van der Waals surface area contributed by atoms with Crippen LogP contribution in [0.2, 0.25) is 0 Å². The summed E-state index contributed by atoms with van der Waals surface area (Å²) in [4.78, 5) is 3.90. The molecule has 0 aromatic rings. The van der Waals surface area contributed by atoms with Crippen LogP contribution in [0.3, 0.4) is 0 Å². The first-order valence-electron chi connectivity index (χ1n) is 3.92. The molecule has 1 fully saturated rings. The standard InChI is InChI=1S/C7H15N3O/c8-7(9)10-4-5-1-2-6(11)3-5/h5-6,11H,1-4H2,(H4,8,9,10). The maximum atomic E-state index is 9.15. The van der Waals surface area contributed by atoms with Crippen molar-refractivity contribution in [1.82, 2.24) is 0 Å². The molecule has 0 radical (unpaired) electrons. The smallest absolute Gasteiger partial charge is 0.185 e. The van der Waals surface area contributed by atoms with Crippen LogP contribution in [0.4, 0.5) is 0 Å². The van der Waals surface area contributed by atoms with Crippen molar-refractivity contribution in [2.45, 2.75) is 25.4 Å². The average Bonchev–Trinajstić information content (AvgIpc) is 2.31. The predicted octanol–water partition coefficient (Wildman–Crippen LogP) is -0.579. The number of aliphatic hydroxyl groups excluding tert-OH is 1. The second-order valence-corrected chi connectivity index (χ2v) is 3.10. The van der Waals surface area contributed by atoms with E-state index in [2.05, 4.69) is 4.99 Å². The van der Waals surface area contributed by atoms with E-state index in [4.69, 9.17) is 16.6 Å². The molecule has 1 aliphatic rings. The van der Waals surface area contributed by atoms with Crippen molar-refractivity contribution < 1.29 is 5.11 Å². The third-order valence-electron chi connectivity index (χ3n) is 2.05. The maximum Gasteiger partial charge on any atom is 0.185 e. The summed E-state index contributed by atoms with van der Waals surface area (Å²) in [6.45, 7) is 0.666. The Labute approximate surface area is 66.3 Å². The van der Waals surface area contributed by atoms with Crippen LogP contribution in [-0.4, -0.2) is 23.7 Å². The zero-order valence-electron chi connectivity index (χ0n) is 6.53. The molecule has 1 aliphatic carbocycles. The summed E-state index contributed by atoms with van der Waals surface area (Å²) in [5.41, 5.74) is 10.3. The van der Waals surface area contributed by atoms with Gasteiger partial charge in [-0.2, -0.15) is 0 Å². The molecule has 1 rings (SSSR count). The number of hydrogen-bond acceptors (Lipinski definition) is 2. The Balaban J connectivity index is 2.23. The highest BCUT2D eigenvalue weighted by atomic mass is 16.3. The van der Waals surface area contributed by atoms with Gasteiger partial charge in [0.05, 0.1) is 6.10 Å². The topological polar surface area (TPSA) is 84.6 Å². The lowest BCUT2D eigenvalue weighted by Crippen LogP contribution is -2.23. The summed E-state index contributed by atoms with van der Waals surface area (Å²) in [6.07, 6.45) is 2.65. The Morgan fingerprint density at radius 3 is 2.64 bits per heavy atom. The number of nitrogens with zero attached hydrogens (tertiary/aromatic N) is 1.